The van der Waals surface area contributed by atoms with Gasteiger partial charge in [0.05, 0.1) is 11.3 Å². The molecule has 1 aromatic heterocycles. The molecule has 0 saturated heterocycles. The van der Waals surface area contributed by atoms with E-state index in [1.807, 2.05) is 25.5 Å². The summed E-state index contributed by atoms with van der Waals surface area (Å²) < 4.78 is 2.00. The molecule has 1 aromatic rings. The Kier molecular flexibility index (Phi) is 4.93. The van der Waals surface area contributed by atoms with E-state index in [1.165, 1.54) is 11.3 Å². The van der Waals surface area contributed by atoms with Crippen LogP contribution in [0.25, 0.3) is 0 Å². The minimum absolute atomic E-state index is 0.475. The Labute approximate surface area is 110 Å². The first-order chi connectivity index (χ1) is 8.20. The van der Waals surface area contributed by atoms with Crippen LogP contribution >= 0.6 is 0 Å². The summed E-state index contributed by atoms with van der Waals surface area (Å²) in [6.45, 7) is 13.7. The number of aryl methyl sites for hydroxylation is 2. The van der Waals surface area contributed by atoms with Crippen LogP contribution in [0.5, 0.6) is 0 Å². The molecular weight excluding hydrogens is 226 g/mol. The average molecular weight is 253 g/mol. The summed E-state index contributed by atoms with van der Waals surface area (Å²) in [5.74, 6) is 0. The van der Waals surface area contributed by atoms with Crippen LogP contribution in [0.1, 0.15) is 51.1 Å². The van der Waals surface area contributed by atoms with Crippen molar-refractivity contribution in [2.24, 2.45) is 0 Å². The minimum Gasteiger partial charge on any atom is -0.390 e. The lowest BCUT2D eigenvalue weighted by atomic mass is 10.1. The first-order valence-corrected chi connectivity index (χ1v) is 6.69. The van der Waals surface area contributed by atoms with Gasteiger partial charge in [-0.05, 0) is 34.1 Å². The van der Waals surface area contributed by atoms with Crippen LogP contribution in [0, 0.1) is 13.8 Å². The maximum Gasteiger partial charge on any atom is 0.0641 e. The molecule has 0 aliphatic carbocycles. The topological polar surface area (TPSA) is 50.1 Å². The van der Waals surface area contributed by atoms with Gasteiger partial charge in [0.15, 0.2) is 0 Å². The molecule has 0 fully saturated rings. The fourth-order valence-corrected chi connectivity index (χ4v) is 1.89. The molecule has 0 aliphatic heterocycles. The molecule has 1 rings (SSSR count). The second kappa shape index (κ2) is 5.85. The van der Waals surface area contributed by atoms with E-state index in [0.29, 0.717) is 12.5 Å². The fraction of sp³-hybridized carbons (Fsp3) is 0.786. The van der Waals surface area contributed by atoms with Crippen LogP contribution in [0.15, 0.2) is 0 Å². The normalized spacial score (nSPS) is 12.4. The van der Waals surface area contributed by atoms with Crippen molar-refractivity contribution in [3.8, 4) is 0 Å². The highest BCUT2D eigenvalue weighted by molar-refractivity contribution is 5.24. The van der Waals surface area contributed by atoms with E-state index in [4.69, 9.17) is 0 Å². The summed E-state index contributed by atoms with van der Waals surface area (Å²) in [6, 6.07) is 0.475. The number of hydrogen-bond acceptors (Lipinski definition) is 3. The molecule has 4 heteroatoms. The first kappa shape index (κ1) is 15.2. The third-order valence-corrected chi connectivity index (χ3v) is 3.15. The van der Waals surface area contributed by atoms with Gasteiger partial charge in [0.1, 0.15) is 0 Å². The van der Waals surface area contributed by atoms with Gasteiger partial charge in [-0.15, -0.1) is 0 Å². The summed E-state index contributed by atoms with van der Waals surface area (Å²) in [5, 5.41) is 17.8. The Hall–Kier alpha value is -0.870. The highest BCUT2D eigenvalue weighted by atomic mass is 16.3. The third-order valence-electron chi connectivity index (χ3n) is 3.15. The molecule has 104 valence electrons. The van der Waals surface area contributed by atoms with Gasteiger partial charge in [0.2, 0.25) is 0 Å². The van der Waals surface area contributed by atoms with E-state index < -0.39 is 5.60 Å². The van der Waals surface area contributed by atoms with Crippen LogP contribution < -0.4 is 5.32 Å². The number of nitrogens with one attached hydrogen (secondary N) is 1. The lowest BCUT2D eigenvalue weighted by Gasteiger charge is -2.17. The SMILES string of the molecule is Cc1nn(CCC(C)(C)O)c(C)c1CNC(C)C. The zero-order valence-electron chi connectivity index (χ0n) is 12.5. The highest BCUT2D eigenvalue weighted by Gasteiger charge is 2.16. The van der Waals surface area contributed by atoms with Crippen LogP contribution in [0.2, 0.25) is 0 Å². The van der Waals surface area contributed by atoms with Crippen molar-refractivity contribution in [3.63, 3.8) is 0 Å². The molecule has 0 radical (unpaired) electrons. The van der Waals surface area contributed by atoms with E-state index in [9.17, 15) is 5.11 Å². The Morgan fingerprint density at radius 3 is 2.44 bits per heavy atom. The van der Waals surface area contributed by atoms with Gasteiger partial charge < -0.3 is 10.4 Å². The van der Waals surface area contributed by atoms with Gasteiger partial charge in [-0.1, -0.05) is 13.8 Å². The molecule has 2 N–H and O–H groups in total. The highest BCUT2D eigenvalue weighted by Crippen LogP contribution is 2.16. The van der Waals surface area contributed by atoms with E-state index in [-0.39, 0.29) is 0 Å². The quantitative estimate of drug-likeness (QED) is 0.817. The van der Waals surface area contributed by atoms with Gasteiger partial charge in [0.25, 0.3) is 0 Å². The maximum atomic E-state index is 9.77. The monoisotopic (exact) mass is 253 g/mol. The van der Waals surface area contributed by atoms with Crippen LogP contribution in [-0.4, -0.2) is 26.5 Å². The average Bonchev–Trinajstić information content (AvgIpc) is 2.47. The lowest BCUT2D eigenvalue weighted by molar-refractivity contribution is 0.0649. The Morgan fingerprint density at radius 2 is 1.94 bits per heavy atom. The molecule has 0 amide bonds. The largest absolute Gasteiger partial charge is 0.390 e. The van der Waals surface area contributed by atoms with Gasteiger partial charge in [-0.25, -0.2) is 0 Å². The standard InChI is InChI=1S/C14H27N3O/c1-10(2)15-9-13-11(3)16-17(12(13)4)8-7-14(5,6)18/h10,15,18H,7-9H2,1-6H3. The van der Waals surface area contributed by atoms with Crippen molar-refractivity contribution >= 4 is 0 Å². The molecule has 4 nitrogen and oxygen atoms in total. The molecule has 0 spiro atoms. The number of aromatic nitrogens is 2. The zero-order chi connectivity index (χ0) is 13.9. The van der Waals surface area contributed by atoms with Crippen molar-refractivity contribution in [1.29, 1.82) is 0 Å². The number of hydrogen-bond donors (Lipinski definition) is 2. The zero-order valence-corrected chi connectivity index (χ0v) is 12.5. The molecule has 1 heterocycles. The Balaban J connectivity index is 2.74. The first-order valence-electron chi connectivity index (χ1n) is 6.69. The molecule has 18 heavy (non-hydrogen) atoms. The smallest absolute Gasteiger partial charge is 0.0641 e. The molecule has 0 saturated carbocycles. The van der Waals surface area contributed by atoms with E-state index in [1.54, 1.807) is 0 Å². The number of aliphatic hydroxyl groups is 1. The predicted molar refractivity (Wildman–Crippen MR) is 74.6 cm³/mol. The van der Waals surface area contributed by atoms with E-state index in [0.717, 1.165) is 18.8 Å². The predicted octanol–water partition coefficient (Wildman–Crippen LogP) is 2.16. The van der Waals surface area contributed by atoms with Crippen LogP contribution in [0.4, 0.5) is 0 Å². The van der Waals surface area contributed by atoms with Crippen LogP contribution in [0.3, 0.4) is 0 Å². The van der Waals surface area contributed by atoms with E-state index in [2.05, 4.69) is 31.2 Å². The maximum absolute atomic E-state index is 9.77. The number of nitrogens with zero attached hydrogens (tertiary/aromatic N) is 2. The summed E-state index contributed by atoms with van der Waals surface area (Å²) in [4.78, 5) is 0. The summed E-state index contributed by atoms with van der Waals surface area (Å²) in [5.41, 5.74) is 2.92. The fourth-order valence-electron chi connectivity index (χ4n) is 1.89. The number of rotatable bonds is 6. The molecule has 0 bridgehead atoms. The molecule has 0 aliphatic rings. The van der Waals surface area contributed by atoms with Crippen LogP contribution in [-0.2, 0) is 13.1 Å². The second-order valence-corrected chi connectivity index (χ2v) is 5.97. The molecule has 0 atom stereocenters. The van der Waals surface area contributed by atoms with Crippen molar-refractivity contribution in [1.82, 2.24) is 15.1 Å². The third kappa shape index (κ3) is 4.42. The molecule has 0 unspecified atom stereocenters. The Morgan fingerprint density at radius 1 is 1.33 bits per heavy atom. The van der Waals surface area contributed by atoms with E-state index >= 15 is 0 Å². The van der Waals surface area contributed by atoms with Gasteiger partial charge in [0, 0.05) is 30.4 Å². The van der Waals surface area contributed by atoms with Crippen molar-refractivity contribution in [3.05, 3.63) is 17.0 Å². The molecule has 0 aromatic carbocycles. The van der Waals surface area contributed by atoms with Crippen molar-refractivity contribution in [2.75, 3.05) is 0 Å². The second-order valence-electron chi connectivity index (χ2n) is 5.97. The molecular formula is C14H27N3O. The summed E-state index contributed by atoms with van der Waals surface area (Å²) in [6.07, 6.45) is 0.714. The minimum atomic E-state index is -0.636. The summed E-state index contributed by atoms with van der Waals surface area (Å²) >= 11 is 0. The van der Waals surface area contributed by atoms with Gasteiger partial charge in [-0.3, -0.25) is 4.68 Å². The lowest BCUT2D eigenvalue weighted by Crippen LogP contribution is -2.23. The summed E-state index contributed by atoms with van der Waals surface area (Å²) in [7, 11) is 0. The van der Waals surface area contributed by atoms with Crippen molar-refractivity contribution < 1.29 is 5.11 Å². The van der Waals surface area contributed by atoms with Gasteiger partial charge >= 0.3 is 0 Å². The van der Waals surface area contributed by atoms with Gasteiger partial charge in [-0.2, -0.15) is 5.10 Å². The Bertz CT molecular complexity index is 388. The van der Waals surface area contributed by atoms with Crippen molar-refractivity contribution in [2.45, 2.75) is 72.7 Å².